The van der Waals surface area contributed by atoms with Gasteiger partial charge in [-0.05, 0) is 43.3 Å². The summed E-state index contributed by atoms with van der Waals surface area (Å²) in [4.78, 5) is 35.6. The van der Waals surface area contributed by atoms with E-state index in [2.05, 4.69) is 0 Å². The van der Waals surface area contributed by atoms with E-state index in [0.717, 1.165) is 0 Å². The third-order valence-electron chi connectivity index (χ3n) is 3.92. The summed E-state index contributed by atoms with van der Waals surface area (Å²) in [7, 11) is 2.96. The minimum absolute atomic E-state index is 0.0300. The highest BCUT2D eigenvalue weighted by atomic mass is 16.5. The van der Waals surface area contributed by atoms with Gasteiger partial charge in [0.25, 0.3) is 0 Å². The monoisotopic (exact) mass is 368 g/mol. The maximum Gasteiger partial charge on any atom is 0.347 e. The maximum absolute atomic E-state index is 12.4. The summed E-state index contributed by atoms with van der Waals surface area (Å²) in [5.41, 5.74) is -0.292. The number of hydrogen-bond donors (Lipinski definition) is 0. The van der Waals surface area contributed by atoms with Crippen molar-refractivity contribution in [3.05, 3.63) is 64.0 Å². The van der Waals surface area contributed by atoms with E-state index in [1.54, 1.807) is 24.3 Å². The van der Waals surface area contributed by atoms with Crippen LogP contribution < -0.4 is 19.8 Å². The van der Waals surface area contributed by atoms with E-state index in [9.17, 15) is 14.4 Å². The van der Waals surface area contributed by atoms with Crippen molar-refractivity contribution in [1.29, 1.82) is 0 Å². The molecule has 0 bridgehead atoms. The number of benzene rings is 2. The van der Waals surface area contributed by atoms with Crippen molar-refractivity contribution in [3.63, 3.8) is 0 Å². The molecule has 0 amide bonds. The van der Waals surface area contributed by atoms with Crippen molar-refractivity contribution in [1.82, 2.24) is 0 Å². The number of carbonyl (C=O) groups excluding carboxylic acids is 2. The predicted octanol–water partition coefficient (Wildman–Crippen LogP) is 3.23. The van der Waals surface area contributed by atoms with Crippen molar-refractivity contribution in [2.45, 2.75) is 6.92 Å². The first kappa shape index (κ1) is 18.2. The molecule has 0 aliphatic carbocycles. The molecule has 3 aromatic rings. The topological polar surface area (TPSA) is 92.0 Å². The van der Waals surface area contributed by atoms with Gasteiger partial charge in [-0.1, -0.05) is 0 Å². The molecule has 3 rings (SSSR count). The van der Waals surface area contributed by atoms with Gasteiger partial charge in [-0.25, -0.2) is 9.59 Å². The Bertz CT molecular complexity index is 1100. The molecule has 0 spiro atoms. The zero-order chi connectivity index (χ0) is 19.6. The molecule has 1 aromatic heterocycles. The first-order valence-electron chi connectivity index (χ1n) is 7.96. The number of carbonyl (C=O) groups is 2. The molecule has 7 nitrogen and oxygen atoms in total. The first-order chi connectivity index (χ1) is 12.9. The van der Waals surface area contributed by atoms with Crippen molar-refractivity contribution >= 4 is 22.7 Å². The molecule has 0 N–H and O–H groups in total. The van der Waals surface area contributed by atoms with Gasteiger partial charge in [0.15, 0.2) is 17.3 Å². The Hall–Kier alpha value is -3.61. The Kier molecular flexibility index (Phi) is 4.94. The smallest absolute Gasteiger partial charge is 0.347 e. The second-order valence-corrected chi connectivity index (χ2v) is 5.66. The van der Waals surface area contributed by atoms with E-state index in [4.69, 9.17) is 18.6 Å². The fourth-order valence-electron chi connectivity index (χ4n) is 2.53. The van der Waals surface area contributed by atoms with E-state index in [1.807, 2.05) is 0 Å². The highest BCUT2D eigenvalue weighted by Crippen LogP contribution is 2.28. The summed E-state index contributed by atoms with van der Waals surface area (Å²) in [6.07, 6.45) is 0. The molecule has 138 valence electrons. The predicted molar refractivity (Wildman–Crippen MR) is 97.0 cm³/mol. The van der Waals surface area contributed by atoms with E-state index < -0.39 is 11.6 Å². The summed E-state index contributed by atoms with van der Waals surface area (Å²) in [6, 6.07) is 10.7. The Morgan fingerprint density at radius 2 is 1.67 bits per heavy atom. The Morgan fingerprint density at radius 1 is 0.926 bits per heavy atom. The van der Waals surface area contributed by atoms with Gasteiger partial charge in [-0.2, -0.15) is 0 Å². The number of ketones is 1. The van der Waals surface area contributed by atoms with Gasteiger partial charge in [0.2, 0.25) is 0 Å². The lowest BCUT2D eigenvalue weighted by Gasteiger charge is -2.09. The number of rotatable bonds is 5. The minimum Gasteiger partial charge on any atom is -0.493 e. The normalized spacial score (nSPS) is 10.5. The number of Topliss-reactive ketones (excluding diaryl/α,β-unsaturated/α-hetero) is 1. The molecule has 27 heavy (non-hydrogen) atoms. The van der Waals surface area contributed by atoms with Gasteiger partial charge >= 0.3 is 11.6 Å². The minimum atomic E-state index is -0.738. The zero-order valence-corrected chi connectivity index (χ0v) is 14.9. The average Bonchev–Trinajstić information content (AvgIpc) is 2.66. The summed E-state index contributed by atoms with van der Waals surface area (Å²) in [6.45, 7) is 1.29. The van der Waals surface area contributed by atoms with Crippen LogP contribution in [0.15, 0.2) is 51.7 Å². The molecule has 2 aromatic carbocycles. The van der Waals surface area contributed by atoms with Crippen LogP contribution in [0.4, 0.5) is 0 Å². The quantitative estimate of drug-likeness (QED) is 0.295. The first-order valence-corrected chi connectivity index (χ1v) is 7.96. The molecule has 0 unspecified atom stereocenters. The van der Waals surface area contributed by atoms with Crippen LogP contribution in [-0.2, 0) is 0 Å². The molecule has 0 saturated heterocycles. The van der Waals surface area contributed by atoms with E-state index in [1.165, 1.54) is 39.3 Å². The fourth-order valence-corrected chi connectivity index (χ4v) is 2.53. The van der Waals surface area contributed by atoms with Crippen molar-refractivity contribution in [2.24, 2.45) is 0 Å². The number of fused-ring (bicyclic) bond motifs is 1. The van der Waals surface area contributed by atoms with Crippen LogP contribution in [0.1, 0.15) is 27.6 Å². The number of ether oxygens (including phenoxy) is 3. The summed E-state index contributed by atoms with van der Waals surface area (Å²) >= 11 is 0. The lowest BCUT2D eigenvalue weighted by Crippen LogP contribution is -2.11. The molecule has 1 heterocycles. The van der Waals surface area contributed by atoms with Crippen molar-refractivity contribution in [2.75, 3.05) is 14.2 Å². The second-order valence-electron chi connectivity index (χ2n) is 5.66. The highest BCUT2D eigenvalue weighted by molar-refractivity contribution is 5.97. The van der Waals surface area contributed by atoms with Crippen molar-refractivity contribution in [3.8, 4) is 17.2 Å². The lowest BCUT2D eigenvalue weighted by atomic mass is 10.1. The SMILES string of the molecule is COc1ccc(C(=O)Oc2ccc3cc(C(C)=O)c(=O)oc3c2)cc1OC. The van der Waals surface area contributed by atoms with Crippen molar-refractivity contribution < 1.29 is 28.2 Å². The van der Waals surface area contributed by atoms with E-state index >= 15 is 0 Å². The highest BCUT2D eigenvalue weighted by Gasteiger charge is 2.14. The van der Waals surface area contributed by atoms with Crippen LogP contribution in [0.5, 0.6) is 17.2 Å². The van der Waals surface area contributed by atoms with Crippen LogP contribution in [0.25, 0.3) is 11.0 Å². The molecule has 0 radical (unpaired) electrons. The van der Waals surface area contributed by atoms with Gasteiger partial charge < -0.3 is 18.6 Å². The maximum atomic E-state index is 12.4. The van der Waals surface area contributed by atoms with Gasteiger partial charge in [-0.15, -0.1) is 0 Å². The van der Waals surface area contributed by atoms with Crippen LogP contribution in [0, 0.1) is 0 Å². The molecule has 0 aliphatic heterocycles. The van der Waals surface area contributed by atoms with Crippen LogP contribution in [0.2, 0.25) is 0 Å². The molecular formula is C20H16O7. The number of hydrogen-bond acceptors (Lipinski definition) is 7. The van der Waals surface area contributed by atoms with Gasteiger partial charge in [0.1, 0.15) is 16.9 Å². The number of esters is 1. The van der Waals surface area contributed by atoms with Gasteiger partial charge in [0, 0.05) is 11.5 Å². The van der Waals surface area contributed by atoms with Crippen LogP contribution >= 0.6 is 0 Å². The second kappa shape index (κ2) is 7.33. The van der Waals surface area contributed by atoms with E-state index in [-0.39, 0.29) is 28.2 Å². The third-order valence-corrected chi connectivity index (χ3v) is 3.92. The third kappa shape index (κ3) is 3.67. The zero-order valence-electron chi connectivity index (χ0n) is 14.9. The van der Waals surface area contributed by atoms with Gasteiger partial charge in [-0.3, -0.25) is 4.79 Å². The summed E-state index contributed by atoms with van der Waals surface area (Å²) < 4.78 is 20.8. The number of methoxy groups -OCH3 is 2. The van der Waals surface area contributed by atoms with E-state index in [0.29, 0.717) is 16.9 Å². The van der Waals surface area contributed by atoms with Gasteiger partial charge in [0.05, 0.1) is 19.8 Å². The molecule has 0 fully saturated rings. The van der Waals surface area contributed by atoms with Crippen LogP contribution in [0.3, 0.4) is 0 Å². The largest absolute Gasteiger partial charge is 0.493 e. The Morgan fingerprint density at radius 3 is 2.33 bits per heavy atom. The molecule has 0 aliphatic rings. The molecular weight excluding hydrogens is 352 g/mol. The summed E-state index contributed by atoms with van der Waals surface area (Å²) in [5, 5.41) is 0.547. The average molecular weight is 368 g/mol. The van der Waals surface area contributed by atoms with Crippen LogP contribution in [-0.4, -0.2) is 26.0 Å². The standard InChI is InChI=1S/C20H16O7/c1-11(21)15-8-12-4-6-14(10-17(12)27-20(15)23)26-19(22)13-5-7-16(24-2)18(9-13)25-3/h4-10H,1-3H3. The molecule has 7 heteroatoms. The molecule has 0 saturated carbocycles. The Labute approximate surface area is 154 Å². The lowest BCUT2D eigenvalue weighted by molar-refractivity contribution is 0.0734. The fraction of sp³-hybridized carbons (Fsp3) is 0.150. The molecule has 0 atom stereocenters. The summed E-state index contributed by atoms with van der Waals surface area (Å²) in [5.74, 6) is 0.0876. The Balaban J connectivity index is 1.90.